The Morgan fingerprint density at radius 3 is 2.37 bits per heavy atom. The van der Waals surface area contributed by atoms with Crippen molar-refractivity contribution < 1.29 is 17.9 Å². The molecule has 0 atom stereocenters. The molecule has 0 radical (unpaired) electrons. The van der Waals surface area contributed by atoms with E-state index in [9.17, 15) is 13.2 Å². The number of nitrogens with zero attached hydrogens (tertiary/aromatic N) is 2. The molecule has 6 nitrogen and oxygen atoms in total. The van der Waals surface area contributed by atoms with Gasteiger partial charge in [-0.3, -0.25) is 4.79 Å². The van der Waals surface area contributed by atoms with Gasteiger partial charge in [0, 0.05) is 26.2 Å². The second-order valence-corrected chi connectivity index (χ2v) is 9.71. The molecule has 150 valence electrons. The molecule has 27 heavy (non-hydrogen) atoms. The molecule has 1 saturated heterocycles. The molecule has 3 rings (SSSR count). The number of rotatable bonds is 4. The monoisotopic (exact) mass is 434 g/mol. The van der Waals surface area contributed by atoms with Crippen molar-refractivity contribution in [3.05, 3.63) is 27.7 Å². The van der Waals surface area contributed by atoms with Gasteiger partial charge in [-0.2, -0.15) is 4.31 Å². The van der Waals surface area contributed by atoms with Gasteiger partial charge in [-0.15, -0.1) is 0 Å². The average Bonchev–Trinajstić information content (AvgIpc) is 2.68. The van der Waals surface area contributed by atoms with Crippen molar-refractivity contribution >= 4 is 39.1 Å². The highest BCUT2D eigenvalue weighted by Crippen LogP contribution is 2.32. The Balaban J connectivity index is 1.92. The van der Waals surface area contributed by atoms with Crippen LogP contribution in [0.25, 0.3) is 0 Å². The van der Waals surface area contributed by atoms with Crippen molar-refractivity contribution in [1.29, 1.82) is 0 Å². The van der Waals surface area contributed by atoms with Crippen LogP contribution >= 0.6 is 23.2 Å². The summed E-state index contributed by atoms with van der Waals surface area (Å²) in [5.41, 5.74) is 0.168. The van der Waals surface area contributed by atoms with E-state index in [-0.39, 0.29) is 45.5 Å². The van der Waals surface area contributed by atoms with E-state index in [1.165, 1.54) is 22.9 Å². The lowest BCUT2D eigenvalue weighted by atomic mass is 9.94. The lowest BCUT2D eigenvalue weighted by Crippen LogP contribution is -2.41. The maximum absolute atomic E-state index is 13.0. The maximum atomic E-state index is 13.0. The van der Waals surface area contributed by atoms with Gasteiger partial charge in [0.1, 0.15) is 4.90 Å². The minimum atomic E-state index is -3.82. The smallest absolute Gasteiger partial charge is 0.255 e. The van der Waals surface area contributed by atoms with Gasteiger partial charge in [-0.25, -0.2) is 8.42 Å². The predicted molar refractivity (Wildman–Crippen MR) is 105 cm³/mol. The van der Waals surface area contributed by atoms with Gasteiger partial charge in [0.15, 0.2) is 0 Å². The van der Waals surface area contributed by atoms with Gasteiger partial charge >= 0.3 is 0 Å². The SMILES string of the molecule is CN(C(=O)c1cc(S(=O)(=O)N2CCOCC2)c(Cl)cc1Cl)C1CCCCC1. The Labute approximate surface area is 170 Å². The minimum Gasteiger partial charge on any atom is -0.379 e. The summed E-state index contributed by atoms with van der Waals surface area (Å²) in [5.74, 6) is -0.276. The van der Waals surface area contributed by atoms with E-state index in [1.807, 2.05) is 0 Å². The maximum Gasteiger partial charge on any atom is 0.255 e. The molecule has 0 bridgehead atoms. The Hall–Kier alpha value is -0.860. The molecule has 0 aromatic heterocycles. The van der Waals surface area contributed by atoms with Crippen molar-refractivity contribution in [3.8, 4) is 0 Å². The topological polar surface area (TPSA) is 66.9 Å². The Morgan fingerprint density at radius 1 is 1.11 bits per heavy atom. The van der Waals surface area contributed by atoms with E-state index in [4.69, 9.17) is 27.9 Å². The van der Waals surface area contributed by atoms with E-state index >= 15 is 0 Å². The summed E-state index contributed by atoms with van der Waals surface area (Å²) in [6.07, 6.45) is 5.27. The van der Waals surface area contributed by atoms with Crippen LogP contribution in [-0.4, -0.2) is 62.9 Å². The third kappa shape index (κ3) is 4.43. The third-order valence-corrected chi connectivity index (χ3v) is 7.96. The van der Waals surface area contributed by atoms with Crippen LogP contribution in [0.2, 0.25) is 10.0 Å². The Bertz CT molecular complexity index is 804. The van der Waals surface area contributed by atoms with Crippen molar-refractivity contribution in [3.63, 3.8) is 0 Å². The molecule has 1 aliphatic carbocycles. The third-order valence-electron chi connectivity index (χ3n) is 5.28. The molecular weight excluding hydrogens is 411 g/mol. The van der Waals surface area contributed by atoms with Crippen molar-refractivity contribution in [2.45, 2.75) is 43.0 Å². The molecule has 1 aliphatic heterocycles. The van der Waals surface area contributed by atoms with E-state index < -0.39 is 10.0 Å². The van der Waals surface area contributed by atoms with Crippen molar-refractivity contribution in [2.24, 2.45) is 0 Å². The quantitative estimate of drug-likeness (QED) is 0.727. The number of amides is 1. The highest BCUT2D eigenvalue weighted by Gasteiger charge is 2.31. The summed E-state index contributed by atoms with van der Waals surface area (Å²) < 4.78 is 32.5. The number of morpholine rings is 1. The zero-order valence-corrected chi connectivity index (χ0v) is 17.6. The fraction of sp³-hybridized carbons (Fsp3) is 0.611. The molecule has 1 aromatic carbocycles. The molecule has 2 fully saturated rings. The Morgan fingerprint density at radius 2 is 1.74 bits per heavy atom. The molecule has 1 saturated carbocycles. The first-order chi connectivity index (χ1) is 12.8. The van der Waals surface area contributed by atoms with Gasteiger partial charge in [0.05, 0.1) is 28.8 Å². The summed E-state index contributed by atoms with van der Waals surface area (Å²) in [5, 5.41) is 0.178. The lowest BCUT2D eigenvalue weighted by molar-refractivity contribution is 0.0695. The molecule has 2 aliphatic rings. The predicted octanol–water partition coefficient (Wildman–Crippen LogP) is 3.42. The number of sulfonamides is 1. The fourth-order valence-corrected chi connectivity index (χ4v) is 5.88. The summed E-state index contributed by atoms with van der Waals surface area (Å²) in [7, 11) is -2.07. The number of benzene rings is 1. The van der Waals surface area contributed by atoms with Crippen LogP contribution in [-0.2, 0) is 14.8 Å². The van der Waals surface area contributed by atoms with Crippen molar-refractivity contribution in [2.75, 3.05) is 33.4 Å². The molecule has 0 unspecified atom stereocenters. The average molecular weight is 435 g/mol. The summed E-state index contributed by atoms with van der Waals surface area (Å²) in [4.78, 5) is 14.6. The largest absolute Gasteiger partial charge is 0.379 e. The first kappa shape index (κ1) is 20.9. The van der Waals surface area contributed by atoms with Crippen LogP contribution in [0.3, 0.4) is 0 Å². The standard InChI is InChI=1S/C18H24Cl2N2O4S/c1-21(13-5-3-2-4-6-13)18(23)14-11-17(16(20)12-15(14)19)27(24,25)22-7-9-26-10-8-22/h11-13H,2-10H2,1H3. The van der Waals surface area contributed by atoms with Gasteiger partial charge < -0.3 is 9.64 Å². The highest BCUT2D eigenvalue weighted by atomic mass is 35.5. The summed E-state index contributed by atoms with van der Waals surface area (Å²) in [6, 6.07) is 2.81. The van der Waals surface area contributed by atoms with Crippen LogP contribution in [0.4, 0.5) is 0 Å². The highest BCUT2D eigenvalue weighted by molar-refractivity contribution is 7.89. The van der Waals surface area contributed by atoms with Gasteiger partial charge in [0.2, 0.25) is 10.0 Å². The zero-order chi connectivity index (χ0) is 19.6. The number of ether oxygens (including phenoxy) is 1. The molecule has 9 heteroatoms. The molecule has 0 spiro atoms. The van der Waals surface area contributed by atoms with E-state index in [2.05, 4.69) is 0 Å². The van der Waals surface area contributed by atoms with Crippen LogP contribution in [0.5, 0.6) is 0 Å². The molecular formula is C18H24Cl2N2O4S. The summed E-state index contributed by atoms with van der Waals surface area (Å²) >= 11 is 12.4. The van der Waals surface area contributed by atoms with Crippen LogP contribution in [0.15, 0.2) is 17.0 Å². The van der Waals surface area contributed by atoms with Gasteiger partial charge in [-0.05, 0) is 25.0 Å². The fourth-order valence-electron chi connectivity index (χ4n) is 3.64. The molecule has 1 aromatic rings. The normalized spacial score (nSPS) is 19.8. The zero-order valence-electron chi connectivity index (χ0n) is 15.3. The van der Waals surface area contributed by atoms with E-state index in [1.54, 1.807) is 11.9 Å². The number of halogens is 2. The van der Waals surface area contributed by atoms with Crippen LogP contribution in [0, 0.1) is 0 Å². The first-order valence-corrected chi connectivity index (χ1v) is 11.4. The minimum absolute atomic E-state index is 0.0170. The van der Waals surface area contributed by atoms with E-state index in [0.29, 0.717) is 13.2 Å². The number of hydrogen-bond acceptors (Lipinski definition) is 4. The number of carbonyl (C=O) groups is 1. The van der Waals surface area contributed by atoms with Crippen molar-refractivity contribution in [1.82, 2.24) is 9.21 Å². The summed E-state index contributed by atoms with van der Waals surface area (Å²) in [6.45, 7) is 1.18. The molecule has 1 heterocycles. The first-order valence-electron chi connectivity index (χ1n) is 9.16. The van der Waals surface area contributed by atoms with E-state index in [0.717, 1.165) is 25.7 Å². The molecule has 1 amide bonds. The van der Waals surface area contributed by atoms with Gasteiger partial charge in [-0.1, -0.05) is 42.5 Å². The second-order valence-electron chi connectivity index (χ2n) is 6.99. The molecule has 0 N–H and O–H groups in total. The lowest BCUT2D eigenvalue weighted by Gasteiger charge is -2.31. The van der Waals surface area contributed by atoms with Crippen LogP contribution in [0.1, 0.15) is 42.5 Å². The number of hydrogen-bond donors (Lipinski definition) is 0. The van der Waals surface area contributed by atoms with Gasteiger partial charge in [0.25, 0.3) is 5.91 Å². The number of carbonyl (C=O) groups excluding carboxylic acids is 1. The second kappa shape index (κ2) is 8.66. The Kier molecular flexibility index (Phi) is 6.69. The van der Waals surface area contributed by atoms with Crippen LogP contribution < -0.4 is 0 Å².